The SMILES string of the molecule is CCOC(=O)NCCCC1CCCC1. The minimum absolute atomic E-state index is 0.279. The molecule has 0 radical (unpaired) electrons. The van der Waals surface area contributed by atoms with Crippen LogP contribution in [0, 0.1) is 5.92 Å². The number of carbonyl (C=O) groups excluding carboxylic acids is 1. The van der Waals surface area contributed by atoms with Gasteiger partial charge in [0.05, 0.1) is 6.61 Å². The van der Waals surface area contributed by atoms with Gasteiger partial charge in [0.2, 0.25) is 0 Å². The lowest BCUT2D eigenvalue weighted by molar-refractivity contribution is 0.152. The van der Waals surface area contributed by atoms with Gasteiger partial charge in [-0.25, -0.2) is 4.79 Å². The molecule has 0 saturated heterocycles. The van der Waals surface area contributed by atoms with Crippen molar-refractivity contribution in [2.45, 2.75) is 45.4 Å². The van der Waals surface area contributed by atoms with Gasteiger partial charge < -0.3 is 10.1 Å². The van der Waals surface area contributed by atoms with E-state index >= 15 is 0 Å². The first-order chi connectivity index (χ1) is 6.83. The highest BCUT2D eigenvalue weighted by Crippen LogP contribution is 2.28. The van der Waals surface area contributed by atoms with Crippen LogP contribution in [0.15, 0.2) is 0 Å². The van der Waals surface area contributed by atoms with Crippen molar-refractivity contribution >= 4 is 6.09 Å². The van der Waals surface area contributed by atoms with Crippen LogP contribution >= 0.6 is 0 Å². The Morgan fingerprint density at radius 3 is 2.79 bits per heavy atom. The molecule has 1 rings (SSSR count). The fourth-order valence-electron chi connectivity index (χ4n) is 2.06. The molecule has 0 aromatic rings. The van der Waals surface area contributed by atoms with Crippen molar-refractivity contribution in [2.75, 3.05) is 13.2 Å². The van der Waals surface area contributed by atoms with E-state index in [0.717, 1.165) is 18.9 Å². The van der Waals surface area contributed by atoms with Gasteiger partial charge in [0.25, 0.3) is 0 Å². The second kappa shape index (κ2) is 6.68. The third-order valence-corrected chi connectivity index (χ3v) is 2.81. The second-order valence-corrected chi connectivity index (χ2v) is 3.94. The molecular weight excluding hydrogens is 178 g/mol. The topological polar surface area (TPSA) is 38.3 Å². The fraction of sp³-hybridized carbons (Fsp3) is 0.909. The van der Waals surface area contributed by atoms with Gasteiger partial charge in [-0.1, -0.05) is 25.7 Å². The van der Waals surface area contributed by atoms with E-state index in [2.05, 4.69) is 5.32 Å². The van der Waals surface area contributed by atoms with E-state index in [1.807, 2.05) is 6.92 Å². The Morgan fingerprint density at radius 2 is 2.14 bits per heavy atom. The van der Waals surface area contributed by atoms with E-state index in [0.29, 0.717) is 6.61 Å². The zero-order valence-electron chi connectivity index (χ0n) is 9.05. The summed E-state index contributed by atoms with van der Waals surface area (Å²) in [6.45, 7) is 3.03. The molecule has 82 valence electrons. The van der Waals surface area contributed by atoms with Crippen LogP contribution in [0.2, 0.25) is 0 Å². The van der Waals surface area contributed by atoms with Crippen LogP contribution in [0.4, 0.5) is 4.79 Å². The van der Waals surface area contributed by atoms with E-state index in [9.17, 15) is 4.79 Å². The van der Waals surface area contributed by atoms with E-state index in [-0.39, 0.29) is 6.09 Å². The van der Waals surface area contributed by atoms with Crippen LogP contribution in [0.1, 0.15) is 45.4 Å². The van der Waals surface area contributed by atoms with Gasteiger partial charge >= 0.3 is 6.09 Å². The van der Waals surface area contributed by atoms with Gasteiger partial charge in [0.1, 0.15) is 0 Å². The molecule has 1 N–H and O–H groups in total. The Hall–Kier alpha value is -0.730. The van der Waals surface area contributed by atoms with E-state index < -0.39 is 0 Å². The molecule has 0 aromatic heterocycles. The van der Waals surface area contributed by atoms with Gasteiger partial charge in [0.15, 0.2) is 0 Å². The van der Waals surface area contributed by atoms with E-state index in [4.69, 9.17) is 4.74 Å². The van der Waals surface area contributed by atoms with Crippen molar-refractivity contribution in [3.05, 3.63) is 0 Å². The Bertz CT molecular complexity index is 165. The summed E-state index contributed by atoms with van der Waals surface area (Å²) in [4.78, 5) is 10.9. The number of carbonyl (C=O) groups is 1. The summed E-state index contributed by atoms with van der Waals surface area (Å²) in [5, 5.41) is 2.75. The lowest BCUT2D eigenvalue weighted by Crippen LogP contribution is -2.25. The zero-order chi connectivity index (χ0) is 10.2. The molecule has 0 unspecified atom stereocenters. The quantitative estimate of drug-likeness (QED) is 0.691. The van der Waals surface area contributed by atoms with Crippen molar-refractivity contribution in [3.8, 4) is 0 Å². The lowest BCUT2D eigenvalue weighted by Gasteiger charge is -2.08. The summed E-state index contributed by atoms with van der Waals surface area (Å²) in [6, 6.07) is 0. The van der Waals surface area contributed by atoms with Crippen LogP contribution in [0.3, 0.4) is 0 Å². The predicted octanol–water partition coefficient (Wildman–Crippen LogP) is 2.70. The maximum Gasteiger partial charge on any atom is 0.407 e. The molecule has 1 aliphatic carbocycles. The first kappa shape index (κ1) is 11.3. The van der Waals surface area contributed by atoms with Crippen LogP contribution in [-0.4, -0.2) is 19.2 Å². The van der Waals surface area contributed by atoms with Crippen molar-refractivity contribution < 1.29 is 9.53 Å². The maximum atomic E-state index is 10.9. The molecule has 0 heterocycles. The Kier molecular flexibility index (Phi) is 5.42. The van der Waals surface area contributed by atoms with Crippen molar-refractivity contribution in [2.24, 2.45) is 5.92 Å². The Labute approximate surface area is 86.2 Å². The highest BCUT2D eigenvalue weighted by Gasteiger charge is 2.14. The van der Waals surface area contributed by atoms with Gasteiger partial charge in [-0.05, 0) is 25.7 Å². The average Bonchev–Trinajstić information content (AvgIpc) is 2.65. The van der Waals surface area contributed by atoms with Gasteiger partial charge in [-0.3, -0.25) is 0 Å². The summed E-state index contributed by atoms with van der Waals surface area (Å²) in [6.07, 6.45) is 7.64. The number of hydrogen-bond acceptors (Lipinski definition) is 2. The number of rotatable bonds is 5. The van der Waals surface area contributed by atoms with Crippen molar-refractivity contribution in [3.63, 3.8) is 0 Å². The van der Waals surface area contributed by atoms with Crippen molar-refractivity contribution in [1.82, 2.24) is 5.32 Å². The largest absolute Gasteiger partial charge is 0.450 e. The molecule has 1 saturated carbocycles. The molecule has 3 nitrogen and oxygen atoms in total. The van der Waals surface area contributed by atoms with E-state index in [1.54, 1.807) is 0 Å². The third-order valence-electron chi connectivity index (χ3n) is 2.81. The molecule has 0 aliphatic heterocycles. The Morgan fingerprint density at radius 1 is 1.43 bits per heavy atom. The molecule has 0 bridgehead atoms. The highest BCUT2D eigenvalue weighted by molar-refractivity contribution is 5.66. The number of ether oxygens (including phenoxy) is 1. The summed E-state index contributed by atoms with van der Waals surface area (Å²) >= 11 is 0. The minimum Gasteiger partial charge on any atom is -0.450 e. The standard InChI is InChI=1S/C11H21NO2/c1-2-14-11(13)12-9-5-8-10-6-3-4-7-10/h10H,2-9H2,1H3,(H,12,13). The van der Waals surface area contributed by atoms with Gasteiger partial charge in [0, 0.05) is 6.54 Å². The highest BCUT2D eigenvalue weighted by atomic mass is 16.5. The summed E-state index contributed by atoms with van der Waals surface area (Å²) in [7, 11) is 0. The molecular formula is C11H21NO2. The summed E-state index contributed by atoms with van der Waals surface area (Å²) in [5.74, 6) is 0.916. The van der Waals surface area contributed by atoms with Crippen LogP contribution in [-0.2, 0) is 4.74 Å². The van der Waals surface area contributed by atoms with Crippen molar-refractivity contribution in [1.29, 1.82) is 0 Å². The smallest absolute Gasteiger partial charge is 0.407 e. The van der Waals surface area contributed by atoms with Gasteiger partial charge in [-0.2, -0.15) is 0 Å². The normalized spacial score (nSPS) is 16.9. The number of amides is 1. The molecule has 1 aliphatic rings. The minimum atomic E-state index is -0.279. The first-order valence-electron chi connectivity index (χ1n) is 5.73. The number of nitrogens with one attached hydrogen (secondary N) is 1. The molecule has 3 heteroatoms. The number of hydrogen-bond donors (Lipinski definition) is 1. The summed E-state index contributed by atoms with van der Waals surface area (Å²) < 4.78 is 4.76. The summed E-state index contributed by atoms with van der Waals surface area (Å²) in [5.41, 5.74) is 0. The fourth-order valence-corrected chi connectivity index (χ4v) is 2.06. The maximum absolute atomic E-state index is 10.9. The molecule has 14 heavy (non-hydrogen) atoms. The van der Waals surface area contributed by atoms with Crippen LogP contribution < -0.4 is 5.32 Å². The van der Waals surface area contributed by atoms with Crippen LogP contribution in [0.5, 0.6) is 0 Å². The molecule has 0 atom stereocenters. The Balaban J connectivity index is 1.90. The molecule has 1 amide bonds. The third kappa shape index (κ3) is 4.49. The second-order valence-electron chi connectivity index (χ2n) is 3.94. The predicted molar refractivity (Wildman–Crippen MR) is 56.2 cm³/mol. The van der Waals surface area contributed by atoms with Crippen LogP contribution in [0.25, 0.3) is 0 Å². The number of alkyl carbamates (subject to hydrolysis) is 1. The lowest BCUT2D eigenvalue weighted by atomic mass is 10.0. The monoisotopic (exact) mass is 199 g/mol. The van der Waals surface area contributed by atoms with E-state index in [1.165, 1.54) is 32.1 Å². The average molecular weight is 199 g/mol. The van der Waals surface area contributed by atoms with Gasteiger partial charge in [-0.15, -0.1) is 0 Å². The molecule has 1 fully saturated rings. The zero-order valence-corrected chi connectivity index (χ0v) is 9.05. The first-order valence-corrected chi connectivity index (χ1v) is 5.73. The molecule has 0 spiro atoms. The molecule has 0 aromatic carbocycles.